The molecule has 0 rings (SSSR count). The minimum Gasteiger partial charge on any atom is -0.395 e. The quantitative estimate of drug-likeness (QED) is 0.182. The van der Waals surface area contributed by atoms with Gasteiger partial charge in [-0.1, -0.05) is 103 Å². The average Bonchev–Trinajstić information content (AvgIpc) is 2.68. The molecule has 0 saturated heterocycles. The van der Waals surface area contributed by atoms with E-state index in [9.17, 15) is 13.2 Å². The van der Waals surface area contributed by atoms with Crippen molar-refractivity contribution in [1.29, 1.82) is 0 Å². The van der Waals surface area contributed by atoms with Crippen LogP contribution in [-0.4, -0.2) is 53.8 Å². The Labute approximate surface area is 185 Å². The second kappa shape index (κ2) is 19.1. The van der Waals surface area contributed by atoms with Gasteiger partial charge in [-0.25, -0.2) is 0 Å². The summed E-state index contributed by atoms with van der Waals surface area (Å²) in [4.78, 5) is 13.1. The van der Waals surface area contributed by atoms with E-state index in [4.69, 9.17) is 9.66 Å². The fourth-order valence-electron chi connectivity index (χ4n) is 3.72. The van der Waals surface area contributed by atoms with E-state index in [2.05, 4.69) is 6.92 Å². The van der Waals surface area contributed by atoms with Gasteiger partial charge in [-0.05, 0) is 6.42 Å². The maximum atomic E-state index is 11.7. The van der Waals surface area contributed by atoms with Gasteiger partial charge in [0.05, 0.1) is 6.61 Å². The van der Waals surface area contributed by atoms with Gasteiger partial charge in [-0.3, -0.25) is 9.35 Å². The van der Waals surface area contributed by atoms with Crippen molar-refractivity contribution >= 4 is 16.0 Å². The lowest BCUT2D eigenvalue weighted by molar-refractivity contribution is -0.129. The van der Waals surface area contributed by atoms with Crippen molar-refractivity contribution < 1.29 is 22.9 Å². The Bertz CT molecular complexity index is 510. The summed E-state index contributed by atoms with van der Waals surface area (Å²) in [5.74, 6) is -0.238. The molecule has 0 fully saturated rings. The van der Waals surface area contributed by atoms with Crippen molar-refractivity contribution in [3.63, 3.8) is 0 Å². The predicted molar refractivity (Wildman–Crippen MR) is 124 cm³/mol. The number of unbranched alkanes of at least 4 members (excludes halogenated alkanes) is 15. The number of carbonyl (C=O) groups is 1. The Morgan fingerprint density at radius 3 is 1.43 bits per heavy atom. The summed E-state index contributed by atoms with van der Waals surface area (Å²) in [7, 11) is -4.35. The Balaban J connectivity index is 3.59. The highest BCUT2D eigenvalue weighted by Crippen LogP contribution is 2.14. The van der Waals surface area contributed by atoms with Crippen LogP contribution in [-0.2, 0) is 14.9 Å². The van der Waals surface area contributed by atoms with Crippen molar-refractivity contribution in [2.24, 2.45) is 0 Å². The molecule has 1 unspecified atom stereocenters. The van der Waals surface area contributed by atoms with Crippen LogP contribution >= 0.6 is 0 Å². The van der Waals surface area contributed by atoms with E-state index in [1.807, 2.05) is 0 Å². The third-order valence-electron chi connectivity index (χ3n) is 5.78. The van der Waals surface area contributed by atoms with E-state index in [0.717, 1.165) is 19.3 Å². The smallest absolute Gasteiger partial charge is 0.271 e. The molecule has 0 saturated carbocycles. The van der Waals surface area contributed by atoms with Crippen LogP contribution in [0.25, 0.3) is 0 Å². The molecule has 180 valence electrons. The molecule has 0 heterocycles. The molecular weight excluding hydrogens is 402 g/mol. The van der Waals surface area contributed by atoms with Crippen LogP contribution in [0.3, 0.4) is 0 Å². The van der Waals surface area contributed by atoms with Crippen LogP contribution in [0.1, 0.15) is 117 Å². The van der Waals surface area contributed by atoms with E-state index in [1.165, 1.54) is 95.3 Å². The zero-order valence-electron chi connectivity index (χ0n) is 19.5. The van der Waals surface area contributed by atoms with E-state index < -0.39 is 22.0 Å². The first kappa shape index (κ1) is 29.3. The number of hydrogen-bond acceptors (Lipinski definition) is 4. The Morgan fingerprint density at radius 1 is 0.767 bits per heavy atom. The molecule has 0 aliphatic carbocycles. The van der Waals surface area contributed by atoms with Crippen molar-refractivity contribution in [3.05, 3.63) is 0 Å². The molecule has 0 aromatic heterocycles. The van der Waals surface area contributed by atoms with Crippen molar-refractivity contribution in [2.45, 2.75) is 122 Å². The van der Waals surface area contributed by atoms with Gasteiger partial charge in [0.25, 0.3) is 10.1 Å². The van der Waals surface area contributed by atoms with Gasteiger partial charge in [0.15, 0.2) is 0 Å². The maximum absolute atomic E-state index is 11.7. The average molecular weight is 450 g/mol. The summed E-state index contributed by atoms with van der Waals surface area (Å²) in [5.41, 5.74) is 0. The fraction of sp³-hybridized carbons (Fsp3) is 0.957. The Hall–Kier alpha value is -0.660. The van der Waals surface area contributed by atoms with Crippen LogP contribution in [0, 0.1) is 0 Å². The van der Waals surface area contributed by atoms with Gasteiger partial charge in [0, 0.05) is 20.0 Å². The van der Waals surface area contributed by atoms with Gasteiger partial charge < -0.3 is 10.0 Å². The minimum atomic E-state index is -4.35. The van der Waals surface area contributed by atoms with Gasteiger partial charge >= 0.3 is 0 Å². The highest BCUT2D eigenvalue weighted by Gasteiger charge is 2.25. The van der Waals surface area contributed by atoms with E-state index in [0.29, 0.717) is 6.54 Å². The molecule has 7 heteroatoms. The van der Waals surface area contributed by atoms with Gasteiger partial charge in [0.2, 0.25) is 5.91 Å². The van der Waals surface area contributed by atoms with Gasteiger partial charge in [-0.2, -0.15) is 8.42 Å². The first-order valence-electron chi connectivity index (χ1n) is 12.2. The third-order valence-corrected chi connectivity index (χ3v) is 6.92. The molecule has 6 nitrogen and oxygen atoms in total. The van der Waals surface area contributed by atoms with Crippen LogP contribution in [0.2, 0.25) is 0 Å². The number of rotatable bonds is 21. The van der Waals surface area contributed by atoms with Crippen LogP contribution in [0.4, 0.5) is 0 Å². The molecule has 0 radical (unpaired) electrons. The largest absolute Gasteiger partial charge is 0.395 e. The number of aliphatic hydroxyl groups is 1. The van der Waals surface area contributed by atoms with E-state index in [-0.39, 0.29) is 12.5 Å². The highest BCUT2D eigenvalue weighted by atomic mass is 32.2. The summed E-state index contributed by atoms with van der Waals surface area (Å²) in [5, 5.41) is 7.80. The molecule has 1 atom stereocenters. The molecule has 0 bridgehead atoms. The molecule has 0 aromatic rings. The van der Waals surface area contributed by atoms with Crippen molar-refractivity contribution in [2.75, 3.05) is 19.7 Å². The highest BCUT2D eigenvalue weighted by molar-refractivity contribution is 7.86. The van der Waals surface area contributed by atoms with E-state index in [1.54, 1.807) is 0 Å². The van der Waals surface area contributed by atoms with Crippen molar-refractivity contribution in [3.8, 4) is 0 Å². The summed E-state index contributed by atoms with van der Waals surface area (Å²) in [6, 6.07) is 0. The molecule has 0 aliphatic heterocycles. The van der Waals surface area contributed by atoms with Crippen LogP contribution < -0.4 is 0 Å². The lowest BCUT2D eigenvalue weighted by Crippen LogP contribution is -2.41. The summed E-state index contributed by atoms with van der Waals surface area (Å²) in [6.45, 7) is 3.24. The molecular formula is C23H47NO5S. The van der Waals surface area contributed by atoms with Gasteiger partial charge in [-0.15, -0.1) is 0 Å². The summed E-state index contributed by atoms with van der Waals surface area (Å²) >= 11 is 0. The first-order valence-corrected chi connectivity index (χ1v) is 13.7. The number of carbonyl (C=O) groups excluding carboxylic acids is 1. The fourth-order valence-corrected chi connectivity index (χ4v) is 4.28. The first-order chi connectivity index (χ1) is 14.3. The Kier molecular flexibility index (Phi) is 18.6. The number of aliphatic hydroxyl groups excluding tert-OH is 1. The zero-order chi connectivity index (χ0) is 22.7. The zero-order valence-corrected chi connectivity index (χ0v) is 20.3. The second-order valence-corrected chi connectivity index (χ2v) is 10.3. The van der Waals surface area contributed by atoms with Crippen LogP contribution in [0.5, 0.6) is 0 Å². The van der Waals surface area contributed by atoms with Gasteiger partial charge in [0.1, 0.15) is 5.25 Å². The number of nitrogens with zero attached hydrogens (tertiary/aromatic N) is 1. The molecule has 1 amide bonds. The monoisotopic (exact) mass is 449 g/mol. The van der Waals surface area contributed by atoms with Crippen LogP contribution in [0.15, 0.2) is 0 Å². The standard InChI is InChI=1S/C23H47NO5S/c1-3-4-5-6-7-8-9-10-11-12-13-14-15-16-17-18-19-24(22(2)26)20-23(21-25)30(27,28)29/h23,25H,3-21H2,1-2H3,(H,27,28,29). The minimum absolute atomic E-state index is 0.163. The molecule has 0 spiro atoms. The second-order valence-electron chi connectivity index (χ2n) is 8.59. The molecule has 2 N–H and O–H groups in total. The molecule has 0 aliphatic rings. The predicted octanol–water partition coefficient (Wildman–Crippen LogP) is 5.35. The van der Waals surface area contributed by atoms with Crippen molar-refractivity contribution in [1.82, 2.24) is 4.90 Å². The lowest BCUT2D eigenvalue weighted by Gasteiger charge is -2.24. The summed E-state index contributed by atoms with van der Waals surface area (Å²) < 4.78 is 31.5. The third kappa shape index (κ3) is 17.1. The number of amides is 1. The van der Waals surface area contributed by atoms with E-state index >= 15 is 0 Å². The Morgan fingerprint density at radius 2 is 1.13 bits per heavy atom. The maximum Gasteiger partial charge on any atom is 0.271 e. The molecule has 30 heavy (non-hydrogen) atoms. The lowest BCUT2D eigenvalue weighted by atomic mass is 10.0. The number of hydrogen-bond donors (Lipinski definition) is 2. The SMILES string of the molecule is CCCCCCCCCCCCCCCCCCN(CC(CO)S(=O)(=O)O)C(C)=O. The topological polar surface area (TPSA) is 94.9 Å². The summed E-state index contributed by atoms with van der Waals surface area (Å²) in [6.07, 6.45) is 20.4. The normalized spacial score (nSPS) is 12.8. The molecule has 0 aromatic carbocycles.